The van der Waals surface area contributed by atoms with Crippen LogP contribution in [0.4, 0.5) is 11.6 Å². The average molecular weight is 260 g/mol. The van der Waals surface area contributed by atoms with E-state index in [4.69, 9.17) is 5.73 Å². The molecule has 0 aliphatic carbocycles. The molecule has 1 atom stereocenters. The molecular weight excluding hydrogens is 240 g/mol. The maximum Gasteiger partial charge on any atom is 0.135 e. The van der Waals surface area contributed by atoms with Gasteiger partial charge in [0.15, 0.2) is 0 Å². The van der Waals surface area contributed by atoms with Crippen LogP contribution >= 0.6 is 0 Å². The number of nitrogens with one attached hydrogen (secondary N) is 1. The number of hydrogen-bond acceptors (Lipinski definition) is 5. The number of aryl methyl sites for hydroxylation is 1. The summed E-state index contributed by atoms with van der Waals surface area (Å²) in [5, 5.41) is 7.56. The summed E-state index contributed by atoms with van der Waals surface area (Å²) in [6, 6.07) is 2.12. The van der Waals surface area contributed by atoms with E-state index in [9.17, 15) is 0 Å². The fraction of sp³-hybridized carbons (Fsp3) is 0.462. The highest BCUT2D eigenvalue weighted by Gasteiger charge is 2.11. The minimum atomic E-state index is 0.206. The smallest absolute Gasteiger partial charge is 0.135 e. The lowest BCUT2D eigenvalue weighted by Gasteiger charge is -2.17. The van der Waals surface area contributed by atoms with E-state index in [-0.39, 0.29) is 6.04 Å². The first-order valence-electron chi connectivity index (χ1n) is 6.47. The Morgan fingerprint density at radius 1 is 1.42 bits per heavy atom. The maximum atomic E-state index is 5.90. The van der Waals surface area contributed by atoms with Crippen molar-refractivity contribution in [2.75, 3.05) is 11.1 Å². The van der Waals surface area contributed by atoms with Crippen LogP contribution in [0, 0.1) is 6.92 Å². The zero-order valence-corrected chi connectivity index (χ0v) is 11.6. The van der Waals surface area contributed by atoms with Gasteiger partial charge in [-0.05, 0) is 19.9 Å². The number of rotatable bonds is 5. The van der Waals surface area contributed by atoms with Crippen LogP contribution in [0.2, 0.25) is 0 Å². The van der Waals surface area contributed by atoms with E-state index in [1.165, 1.54) is 0 Å². The summed E-state index contributed by atoms with van der Waals surface area (Å²) in [6.45, 7) is 6.81. The van der Waals surface area contributed by atoms with Crippen molar-refractivity contribution < 1.29 is 0 Å². The number of nitrogens with two attached hydrogens (primary N) is 1. The van der Waals surface area contributed by atoms with Crippen molar-refractivity contribution in [3.05, 3.63) is 29.8 Å². The Balaban J connectivity index is 2.11. The van der Waals surface area contributed by atoms with Gasteiger partial charge in [0.1, 0.15) is 17.5 Å². The van der Waals surface area contributed by atoms with Crippen LogP contribution < -0.4 is 11.1 Å². The van der Waals surface area contributed by atoms with E-state index < -0.39 is 0 Å². The van der Waals surface area contributed by atoms with Gasteiger partial charge in [0.2, 0.25) is 0 Å². The molecule has 1 unspecified atom stereocenters. The van der Waals surface area contributed by atoms with Crippen LogP contribution in [0.1, 0.15) is 25.2 Å². The van der Waals surface area contributed by atoms with Crippen molar-refractivity contribution in [1.29, 1.82) is 0 Å². The van der Waals surface area contributed by atoms with Crippen LogP contribution in [-0.2, 0) is 13.0 Å². The Morgan fingerprint density at radius 3 is 2.84 bits per heavy atom. The van der Waals surface area contributed by atoms with Gasteiger partial charge in [-0.15, -0.1) is 0 Å². The summed E-state index contributed by atoms with van der Waals surface area (Å²) in [5.74, 6) is 2.11. The predicted octanol–water partition coefficient (Wildman–Crippen LogP) is 1.63. The molecule has 0 bridgehead atoms. The predicted molar refractivity (Wildman–Crippen MR) is 75.9 cm³/mol. The van der Waals surface area contributed by atoms with E-state index in [1.54, 1.807) is 6.20 Å². The van der Waals surface area contributed by atoms with E-state index in [0.29, 0.717) is 5.82 Å². The fourth-order valence-electron chi connectivity index (χ4n) is 1.85. The van der Waals surface area contributed by atoms with Crippen LogP contribution in [-0.4, -0.2) is 25.8 Å². The Hall–Kier alpha value is -2.11. The highest BCUT2D eigenvalue weighted by molar-refractivity contribution is 5.55. The average Bonchev–Trinajstić information content (AvgIpc) is 2.87. The molecular formula is C13H20N6. The topological polar surface area (TPSA) is 81.6 Å². The van der Waals surface area contributed by atoms with Crippen molar-refractivity contribution >= 4 is 11.6 Å². The summed E-state index contributed by atoms with van der Waals surface area (Å²) in [7, 11) is 0. The Morgan fingerprint density at radius 2 is 2.21 bits per heavy atom. The molecule has 0 fully saturated rings. The minimum Gasteiger partial charge on any atom is -0.383 e. The maximum absolute atomic E-state index is 5.90. The summed E-state index contributed by atoms with van der Waals surface area (Å²) in [6.07, 6.45) is 4.49. The van der Waals surface area contributed by atoms with Gasteiger partial charge in [-0.2, -0.15) is 5.10 Å². The fourth-order valence-corrected chi connectivity index (χ4v) is 1.85. The van der Waals surface area contributed by atoms with Crippen LogP contribution in [0.5, 0.6) is 0 Å². The first kappa shape index (κ1) is 13.3. The first-order valence-corrected chi connectivity index (χ1v) is 6.47. The lowest BCUT2D eigenvalue weighted by Crippen LogP contribution is -2.24. The molecule has 2 aromatic rings. The molecule has 3 N–H and O–H groups in total. The van der Waals surface area contributed by atoms with Crippen LogP contribution in [0.25, 0.3) is 0 Å². The number of anilines is 2. The molecule has 6 nitrogen and oxygen atoms in total. The lowest BCUT2D eigenvalue weighted by atomic mass is 10.2. The normalized spacial score (nSPS) is 12.4. The summed E-state index contributed by atoms with van der Waals surface area (Å²) < 4.78 is 1.89. The number of nitrogens with zero attached hydrogens (tertiary/aromatic N) is 4. The quantitative estimate of drug-likeness (QED) is 0.853. The third-order valence-electron chi connectivity index (χ3n) is 2.95. The highest BCUT2D eigenvalue weighted by Crippen LogP contribution is 2.18. The summed E-state index contributed by atoms with van der Waals surface area (Å²) in [4.78, 5) is 8.73. The van der Waals surface area contributed by atoms with Gasteiger partial charge in [0.05, 0.1) is 6.54 Å². The zero-order chi connectivity index (χ0) is 13.8. The third-order valence-corrected chi connectivity index (χ3v) is 2.95. The molecule has 2 heterocycles. The van der Waals surface area contributed by atoms with Gasteiger partial charge in [-0.25, -0.2) is 9.97 Å². The molecule has 0 saturated carbocycles. The van der Waals surface area contributed by atoms with Crippen LogP contribution in [0.3, 0.4) is 0 Å². The number of nitrogen functional groups attached to an aromatic ring is 1. The number of hydrogen-bond donors (Lipinski definition) is 2. The standard InChI is InChI=1S/C13H20N6/c1-4-11-17-12(14)10(3)13(18-11)16-9(2)8-19-7-5-6-15-19/h5-7,9H,4,8H2,1-3H3,(H3,14,16,17,18). The second-order valence-electron chi connectivity index (χ2n) is 4.63. The van der Waals surface area contributed by atoms with Crippen molar-refractivity contribution in [2.24, 2.45) is 0 Å². The van der Waals surface area contributed by atoms with Gasteiger partial charge in [-0.1, -0.05) is 6.92 Å². The van der Waals surface area contributed by atoms with Crippen LogP contribution in [0.15, 0.2) is 18.5 Å². The second kappa shape index (κ2) is 5.69. The Kier molecular flexibility index (Phi) is 3.99. The Bertz CT molecular complexity index is 534. The monoisotopic (exact) mass is 260 g/mol. The largest absolute Gasteiger partial charge is 0.383 e. The third kappa shape index (κ3) is 3.21. The molecule has 0 saturated heterocycles. The molecule has 2 rings (SSSR count). The van der Waals surface area contributed by atoms with Gasteiger partial charge in [-0.3, -0.25) is 4.68 Å². The highest BCUT2D eigenvalue weighted by atomic mass is 15.3. The molecule has 2 aromatic heterocycles. The molecule has 0 aromatic carbocycles. The van der Waals surface area contributed by atoms with Crippen molar-refractivity contribution in [3.8, 4) is 0 Å². The zero-order valence-electron chi connectivity index (χ0n) is 11.6. The van der Waals surface area contributed by atoms with E-state index >= 15 is 0 Å². The SMILES string of the molecule is CCc1nc(N)c(C)c(NC(C)Cn2cccn2)n1. The molecule has 0 aliphatic heterocycles. The van der Waals surface area contributed by atoms with Crippen molar-refractivity contribution in [3.63, 3.8) is 0 Å². The number of aromatic nitrogens is 4. The molecule has 0 spiro atoms. The molecule has 0 aliphatic rings. The van der Waals surface area contributed by atoms with E-state index in [1.807, 2.05) is 30.8 Å². The molecule has 19 heavy (non-hydrogen) atoms. The van der Waals surface area contributed by atoms with Gasteiger partial charge in [0, 0.05) is 30.4 Å². The lowest BCUT2D eigenvalue weighted by molar-refractivity contribution is 0.559. The minimum absolute atomic E-state index is 0.206. The van der Waals surface area contributed by atoms with E-state index in [0.717, 1.165) is 30.2 Å². The summed E-state index contributed by atoms with van der Waals surface area (Å²) in [5.41, 5.74) is 6.79. The van der Waals surface area contributed by atoms with Gasteiger partial charge < -0.3 is 11.1 Å². The van der Waals surface area contributed by atoms with E-state index in [2.05, 4.69) is 27.3 Å². The summed E-state index contributed by atoms with van der Waals surface area (Å²) >= 11 is 0. The molecule has 102 valence electrons. The van der Waals surface area contributed by atoms with Gasteiger partial charge >= 0.3 is 0 Å². The second-order valence-corrected chi connectivity index (χ2v) is 4.63. The molecule has 0 radical (unpaired) electrons. The molecule has 0 amide bonds. The first-order chi connectivity index (χ1) is 9.10. The van der Waals surface area contributed by atoms with Gasteiger partial charge in [0.25, 0.3) is 0 Å². The van der Waals surface area contributed by atoms with Crippen molar-refractivity contribution in [1.82, 2.24) is 19.7 Å². The molecule has 6 heteroatoms. The van der Waals surface area contributed by atoms with Crippen molar-refractivity contribution in [2.45, 2.75) is 39.8 Å². The Labute approximate surface area is 113 Å².